The lowest BCUT2D eigenvalue weighted by Crippen LogP contribution is -2.13. The summed E-state index contributed by atoms with van der Waals surface area (Å²) in [6.45, 7) is 1.41. The van der Waals surface area contributed by atoms with Crippen LogP contribution in [0.1, 0.15) is 11.8 Å². The van der Waals surface area contributed by atoms with Crippen LogP contribution in [0.4, 0.5) is 11.4 Å². The lowest BCUT2D eigenvalue weighted by Gasteiger charge is -2.12. The molecular weight excluding hydrogens is 380 g/mol. The summed E-state index contributed by atoms with van der Waals surface area (Å²) >= 11 is 4.90. The number of benzene rings is 1. The average Bonchev–Trinajstić information content (AvgIpc) is 2.92. The smallest absolute Gasteiger partial charge is 0.248 e. The third-order valence-corrected chi connectivity index (χ3v) is 4.38. The standard InChI is InChI=1S/C16H15BrN2O3S/c1-10(20)18-13-6-3-11(22-2)9-14(13)19-16(21)8-5-12-4-7-15(17)23-12/h3-9H,1-2H3,(H,18,20)(H,19,21)/b8-5+. The molecule has 0 aliphatic heterocycles. The molecule has 0 unspecified atom stereocenters. The Kier molecular flexibility index (Phi) is 5.95. The fourth-order valence-electron chi connectivity index (χ4n) is 1.80. The number of carbonyl (C=O) groups is 2. The first-order chi connectivity index (χ1) is 11.0. The molecule has 0 bridgehead atoms. The molecule has 1 aromatic carbocycles. The maximum atomic E-state index is 12.1. The molecule has 120 valence electrons. The predicted molar refractivity (Wildman–Crippen MR) is 97.0 cm³/mol. The maximum absolute atomic E-state index is 12.1. The summed E-state index contributed by atoms with van der Waals surface area (Å²) < 4.78 is 6.14. The van der Waals surface area contributed by atoms with Gasteiger partial charge in [-0.1, -0.05) is 0 Å². The van der Waals surface area contributed by atoms with Crippen LogP contribution in [-0.2, 0) is 9.59 Å². The number of methoxy groups -OCH3 is 1. The van der Waals surface area contributed by atoms with E-state index in [1.54, 1.807) is 24.3 Å². The van der Waals surface area contributed by atoms with Gasteiger partial charge in [0.25, 0.3) is 0 Å². The number of amides is 2. The first kappa shape index (κ1) is 17.2. The van der Waals surface area contributed by atoms with E-state index in [1.807, 2.05) is 12.1 Å². The quantitative estimate of drug-likeness (QED) is 0.749. The summed E-state index contributed by atoms with van der Waals surface area (Å²) in [6.07, 6.45) is 3.16. The van der Waals surface area contributed by atoms with E-state index in [-0.39, 0.29) is 11.8 Å². The summed E-state index contributed by atoms with van der Waals surface area (Å²) in [6, 6.07) is 8.86. The van der Waals surface area contributed by atoms with Crippen molar-refractivity contribution in [2.24, 2.45) is 0 Å². The molecule has 0 saturated carbocycles. The lowest BCUT2D eigenvalue weighted by atomic mass is 10.2. The molecule has 0 saturated heterocycles. The van der Waals surface area contributed by atoms with E-state index in [0.717, 1.165) is 8.66 Å². The van der Waals surface area contributed by atoms with Crippen LogP contribution in [-0.4, -0.2) is 18.9 Å². The first-order valence-corrected chi connectivity index (χ1v) is 8.29. The zero-order valence-electron chi connectivity index (χ0n) is 12.6. The van der Waals surface area contributed by atoms with Gasteiger partial charge in [-0.05, 0) is 46.3 Å². The molecule has 2 amide bonds. The van der Waals surface area contributed by atoms with E-state index in [2.05, 4.69) is 26.6 Å². The third kappa shape index (κ3) is 5.22. The number of hydrogen-bond acceptors (Lipinski definition) is 4. The number of hydrogen-bond donors (Lipinski definition) is 2. The van der Waals surface area contributed by atoms with Crippen LogP contribution in [0.2, 0.25) is 0 Å². The molecule has 1 aromatic heterocycles. The van der Waals surface area contributed by atoms with Gasteiger partial charge in [0, 0.05) is 23.9 Å². The minimum Gasteiger partial charge on any atom is -0.497 e. The second kappa shape index (κ2) is 7.94. The van der Waals surface area contributed by atoms with Gasteiger partial charge in [-0.2, -0.15) is 0 Å². The Labute approximate surface area is 146 Å². The van der Waals surface area contributed by atoms with Crippen molar-refractivity contribution < 1.29 is 14.3 Å². The summed E-state index contributed by atoms with van der Waals surface area (Å²) in [5.41, 5.74) is 0.987. The number of anilines is 2. The van der Waals surface area contributed by atoms with E-state index in [4.69, 9.17) is 4.74 Å². The number of rotatable bonds is 5. The molecule has 0 spiro atoms. The molecule has 0 aliphatic carbocycles. The van der Waals surface area contributed by atoms with Crippen molar-refractivity contribution in [1.29, 1.82) is 0 Å². The summed E-state index contributed by atoms with van der Waals surface area (Å²) in [4.78, 5) is 24.3. The van der Waals surface area contributed by atoms with E-state index < -0.39 is 0 Å². The highest BCUT2D eigenvalue weighted by atomic mass is 79.9. The van der Waals surface area contributed by atoms with Gasteiger partial charge in [0.1, 0.15) is 5.75 Å². The second-order valence-electron chi connectivity index (χ2n) is 4.56. The third-order valence-electron chi connectivity index (χ3n) is 2.79. The van der Waals surface area contributed by atoms with Crippen molar-refractivity contribution in [3.05, 3.63) is 45.1 Å². The van der Waals surface area contributed by atoms with Crippen molar-refractivity contribution in [2.45, 2.75) is 6.92 Å². The SMILES string of the molecule is COc1ccc(NC(C)=O)c(NC(=O)/C=C/c2ccc(Br)s2)c1. The molecule has 7 heteroatoms. The van der Waals surface area contributed by atoms with E-state index in [9.17, 15) is 9.59 Å². The number of nitrogens with one attached hydrogen (secondary N) is 2. The normalized spacial score (nSPS) is 10.6. The largest absolute Gasteiger partial charge is 0.497 e. The van der Waals surface area contributed by atoms with Crippen molar-refractivity contribution in [1.82, 2.24) is 0 Å². The van der Waals surface area contributed by atoms with Gasteiger partial charge in [-0.15, -0.1) is 11.3 Å². The summed E-state index contributed by atoms with van der Waals surface area (Å²) in [5.74, 6) is 0.0691. The van der Waals surface area contributed by atoms with E-state index >= 15 is 0 Å². The van der Waals surface area contributed by atoms with Gasteiger partial charge in [-0.25, -0.2) is 0 Å². The highest BCUT2D eigenvalue weighted by molar-refractivity contribution is 9.11. The van der Waals surface area contributed by atoms with Crippen LogP contribution in [0.15, 0.2) is 40.2 Å². The van der Waals surface area contributed by atoms with Crippen LogP contribution in [0.5, 0.6) is 5.75 Å². The Morgan fingerprint density at radius 2 is 1.96 bits per heavy atom. The molecule has 1 heterocycles. The molecule has 0 atom stereocenters. The lowest BCUT2D eigenvalue weighted by molar-refractivity contribution is -0.114. The van der Waals surface area contributed by atoms with Crippen LogP contribution >= 0.6 is 27.3 Å². The van der Waals surface area contributed by atoms with Crippen molar-refractivity contribution in [2.75, 3.05) is 17.7 Å². The van der Waals surface area contributed by atoms with Crippen LogP contribution in [0.25, 0.3) is 6.08 Å². The molecule has 2 rings (SSSR count). The molecular formula is C16H15BrN2O3S. The molecule has 0 aliphatic rings. The number of carbonyl (C=O) groups excluding carboxylic acids is 2. The number of halogens is 1. The topological polar surface area (TPSA) is 67.4 Å². The zero-order chi connectivity index (χ0) is 16.8. The molecule has 5 nitrogen and oxygen atoms in total. The summed E-state index contributed by atoms with van der Waals surface area (Å²) in [5, 5.41) is 5.41. The fraction of sp³-hybridized carbons (Fsp3) is 0.125. The van der Waals surface area contributed by atoms with Gasteiger partial charge in [0.05, 0.1) is 22.3 Å². The van der Waals surface area contributed by atoms with Crippen molar-refractivity contribution >= 4 is 56.5 Å². The highest BCUT2D eigenvalue weighted by Gasteiger charge is 2.08. The Morgan fingerprint density at radius 3 is 2.57 bits per heavy atom. The average molecular weight is 395 g/mol. The van der Waals surface area contributed by atoms with Crippen LogP contribution in [0.3, 0.4) is 0 Å². The molecule has 2 aromatic rings. The van der Waals surface area contributed by atoms with Gasteiger partial charge in [0.2, 0.25) is 11.8 Å². The molecule has 0 radical (unpaired) electrons. The summed E-state index contributed by atoms with van der Waals surface area (Å²) in [7, 11) is 1.54. The number of thiophene rings is 1. The Hall–Kier alpha value is -2.12. The maximum Gasteiger partial charge on any atom is 0.248 e. The van der Waals surface area contributed by atoms with E-state index in [0.29, 0.717) is 17.1 Å². The van der Waals surface area contributed by atoms with E-state index in [1.165, 1.54) is 31.4 Å². The van der Waals surface area contributed by atoms with Crippen LogP contribution in [0, 0.1) is 0 Å². The monoisotopic (exact) mass is 394 g/mol. The minimum atomic E-state index is -0.297. The van der Waals surface area contributed by atoms with Crippen molar-refractivity contribution in [3.8, 4) is 5.75 Å². The van der Waals surface area contributed by atoms with Gasteiger partial charge < -0.3 is 15.4 Å². The van der Waals surface area contributed by atoms with Crippen molar-refractivity contribution in [3.63, 3.8) is 0 Å². The van der Waals surface area contributed by atoms with Gasteiger partial charge in [-0.3, -0.25) is 9.59 Å². The zero-order valence-corrected chi connectivity index (χ0v) is 15.0. The molecule has 2 N–H and O–H groups in total. The highest BCUT2D eigenvalue weighted by Crippen LogP contribution is 2.27. The van der Waals surface area contributed by atoms with Gasteiger partial charge in [0.15, 0.2) is 0 Å². The molecule has 23 heavy (non-hydrogen) atoms. The second-order valence-corrected chi connectivity index (χ2v) is 7.05. The van der Waals surface area contributed by atoms with Gasteiger partial charge >= 0.3 is 0 Å². The fourth-order valence-corrected chi connectivity index (χ4v) is 3.13. The predicted octanol–water partition coefficient (Wildman–Crippen LogP) is 4.13. The Bertz CT molecular complexity index is 756. The van der Waals surface area contributed by atoms with Crippen LogP contribution < -0.4 is 15.4 Å². The minimum absolute atomic E-state index is 0.218. The number of ether oxygens (including phenoxy) is 1. The first-order valence-electron chi connectivity index (χ1n) is 6.68. The molecule has 0 fully saturated rings. The Balaban J connectivity index is 2.15. The Morgan fingerprint density at radius 1 is 1.17 bits per heavy atom.